The monoisotopic (exact) mass is 327 g/mol. The van der Waals surface area contributed by atoms with E-state index < -0.39 is 5.79 Å². The van der Waals surface area contributed by atoms with Crippen molar-refractivity contribution in [2.24, 2.45) is 0 Å². The van der Waals surface area contributed by atoms with Crippen molar-refractivity contribution in [3.8, 4) is 0 Å². The van der Waals surface area contributed by atoms with Gasteiger partial charge in [0.25, 0.3) is 5.91 Å². The number of hydrogen-bond donors (Lipinski definition) is 0. The SMILES string of the molecule is COC1(OC)CCN(C(=O)c2cccc(Br)c2)CC1. The third kappa shape index (κ3) is 3.16. The normalized spacial score (nSPS) is 18.4. The van der Waals surface area contributed by atoms with Crippen LogP contribution in [0, 0.1) is 0 Å². The summed E-state index contributed by atoms with van der Waals surface area (Å²) in [5.74, 6) is -0.476. The van der Waals surface area contributed by atoms with E-state index in [1.165, 1.54) is 0 Å². The Bertz CT molecular complexity index is 450. The molecule has 0 atom stereocenters. The Hall–Kier alpha value is -0.910. The van der Waals surface area contributed by atoms with Crippen LogP contribution >= 0.6 is 15.9 Å². The summed E-state index contributed by atoms with van der Waals surface area (Å²) >= 11 is 3.38. The number of hydrogen-bond acceptors (Lipinski definition) is 3. The zero-order valence-electron chi connectivity index (χ0n) is 11.2. The van der Waals surface area contributed by atoms with Gasteiger partial charge in [0.2, 0.25) is 0 Å². The third-order valence-electron chi connectivity index (χ3n) is 3.63. The number of nitrogens with zero attached hydrogens (tertiary/aromatic N) is 1. The number of likely N-dealkylation sites (tertiary alicyclic amines) is 1. The first-order valence-electron chi connectivity index (χ1n) is 6.25. The van der Waals surface area contributed by atoms with Crippen LogP contribution in [0.15, 0.2) is 28.7 Å². The molecule has 0 N–H and O–H groups in total. The molecule has 0 saturated carbocycles. The van der Waals surface area contributed by atoms with Crippen LogP contribution < -0.4 is 0 Å². The largest absolute Gasteiger partial charge is 0.353 e. The number of ether oxygens (including phenoxy) is 2. The molecule has 1 heterocycles. The Balaban J connectivity index is 2.04. The minimum Gasteiger partial charge on any atom is -0.353 e. The van der Waals surface area contributed by atoms with E-state index in [1.54, 1.807) is 14.2 Å². The predicted octanol–water partition coefficient (Wildman–Crippen LogP) is 2.67. The highest BCUT2D eigenvalue weighted by Crippen LogP contribution is 2.27. The predicted molar refractivity (Wildman–Crippen MR) is 76.0 cm³/mol. The second kappa shape index (κ2) is 6.03. The van der Waals surface area contributed by atoms with Crippen LogP contribution in [0.25, 0.3) is 0 Å². The number of piperidine rings is 1. The summed E-state index contributed by atoms with van der Waals surface area (Å²) in [5.41, 5.74) is 0.705. The van der Waals surface area contributed by atoms with Gasteiger partial charge in [-0.1, -0.05) is 22.0 Å². The molecule has 0 aromatic heterocycles. The molecular formula is C14H18BrNO3. The van der Waals surface area contributed by atoms with Crippen molar-refractivity contribution in [3.05, 3.63) is 34.3 Å². The van der Waals surface area contributed by atoms with Gasteiger partial charge < -0.3 is 14.4 Å². The smallest absolute Gasteiger partial charge is 0.253 e. The van der Waals surface area contributed by atoms with E-state index in [0.29, 0.717) is 31.5 Å². The highest BCUT2D eigenvalue weighted by molar-refractivity contribution is 9.10. The molecule has 0 aliphatic carbocycles. The van der Waals surface area contributed by atoms with Gasteiger partial charge in [-0.15, -0.1) is 0 Å². The fourth-order valence-corrected chi connectivity index (χ4v) is 2.75. The van der Waals surface area contributed by atoms with Crippen LogP contribution in [-0.2, 0) is 9.47 Å². The Labute approximate surface area is 121 Å². The quantitative estimate of drug-likeness (QED) is 0.801. The van der Waals surface area contributed by atoms with Gasteiger partial charge >= 0.3 is 0 Å². The molecule has 1 amide bonds. The first-order valence-corrected chi connectivity index (χ1v) is 7.05. The Morgan fingerprint density at radius 2 is 1.89 bits per heavy atom. The highest BCUT2D eigenvalue weighted by Gasteiger charge is 2.36. The van der Waals surface area contributed by atoms with Crippen LogP contribution in [-0.4, -0.2) is 43.9 Å². The number of carbonyl (C=O) groups is 1. The fourth-order valence-electron chi connectivity index (χ4n) is 2.35. The number of rotatable bonds is 3. The Morgan fingerprint density at radius 3 is 2.42 bits per heavy atom. The molecule has 1 aliphatic rings. The van der Waals surface area contributed by atoms with E-state index >= 15 is 0 Å². The molecule has 2 rings (SSSR count). The molecule has 104 valence electrons. The van der Waals surface area contributed by atoms with Gasteiger partial charge in [0, 0.05) is 50.2 Å². The Kier molecular flexibility index (Phi) is 4.60. The summed E-state index contributed by atoms with van der Waals surface area (Å²) in [6.07, 6.45) is 1.39. The minimum absolute atomic E-state index is 0.0575. The maximum atomic E-state index is 12.4. The second-order valence-electron chi connectivity index (χ2n) is 4.62. The first-order chi connectivity index (χ1) is 9.10. The standard InChI is InChI=1S/C14H18BrNO3/c1-18-14(19-2)6-8-16(9-7-14)13(17)11-4-3-5-12(15)10-11/h3-5,10H,6-9H2,1-2H3. The lowest BCUT2D eigenvalue weighted by molar-refractivity contribution is -0.226. The van der Waals surface area contributed by atoms with Crippen LogP contribution in [0.5, 0.6) is 0 Å². The highest BCUT2D eigenvalue weighted by atomic mass is 79.9. The molecule has 19 heavy (non-hydrogen) atoms. The van der Waals surface area contributed by atoms with Crippen LogP contribution in [0.1, 0.15) is 23.2 Å². The number of methoxy groups -OCH3 is 2. The van der Waals surface area contributed by atoms with Crippen molar-refractivity contribution in [3.63, 3.8) is 0 Å². The van der Waals surface area contributed by atoms with Crippen molar-refractivity contribution >= 4 is 21.8 Å². The molecule has 4 nitrogen and oxygen atoms in total. The molecular weight excluding hydrogens is 310 g/mol. The van der Waals surface area contributed by atoms with Gasteiger partial charge in [-0.2, -0.15) is 0 Å². The van der Waals surface area contributed by atoms with Gasteiger partial charge in [-0.05, 0) is 18.2 Å². The minimum atomic E-state index is -0.534. The average Bonchev–Trinajstić information content (AvgIpc) is 2.46. The molecule has 1 aromatic rings. The van der Waals surface area contributed by atoms with Crippen molar-refractivity contribution in [1.82, 2.24) is 4.90 Å². The van der Waals surface area contributed by atoms with Gasteiger partial charge in [-0.25, -0.2) is 0 Å². The van der Waals surface area contributed by atoms with Crippen molar-refractivity contribution < 1.29 is 14.3 Å². The van der Waals surface area contributed by atoms with E-state index in [9.17, 15) is 4.79 Å². The summed E-state index contributed by atoms with van der Waals surface area (Å²) in [5, 5.41) is 0. The molecule has 1 aromatic carbocycles. The number of carbonyl (C=O) groups excluding carboxylic acids is 1. The zero-order chi connectivity index (χ0) is 13.9. The van der Waals surface area contributed by atoms with Gasteiger partial charge in [0.15, 0.2) is 5.79 Å². The van der Waals surface area contributed by atoms with E-state index in [0.717, 1.165) is 4.47 Å². The zero-order valence-corrected chi connectivity index (χ0v) is 12.8. The Morgan fingerprint density at radius 1 is 1.26 bits per heavy atom. The third-order valence-corrected chi connectivity index (χ3v) is 4.12. The molecule has 5 heteroatoms. The topological polar surface area (TPSA) is 38.8 Å². The maximum absolute atomic E-state index is 12.4. The van der Waals surface area contributed by atoms with Gasteiger partial charge in [-0.3, -0.25) is 4.79 Å². The summed E-state index contributed by atoms with van der Waals surface area (Å²) in [6, 6.07) is 7.46. The first kappa shape index (κ1) is 14.5. The molecule has 0 unspecified atom stereocenters. The fraction of sp³-hybridized carbons (Fsp3) is 0.500. The molecule has 0 spiro atoms. The summed E-state index contributed by atoms with van der Waals surface area (Å²) in [4.78, 5) is 14.2. The molecule has 0 radical (unpaired) electrons. The molecule has 1 aliphatic heterocycles. The van der Waals surface area contributed by atoms with Crippen molar-refractivity contribution in [1.29, 1.82) is 0 Å². The molecule has 0 bridgehead atoms. The van der Waals surface area contributed by atoms with Crippen LogP contribution in [0.4, 0.5) is 0 Å². The van der Waals surface area contributed by atoms with E-state index in [-0.39, 0.29) is 5.91 Å². The van der Waals surface area contributed by atoms with Crippen LogP contribution in [0.2, 0.25) is 0 Å². The maximum Gasteiger partial charge on any atom is 0.253 e. The van der Waals surface area contributed by atoms with Crippen LogP contribution in [0.3, 0.4) is 0 Å². The molecule has 1 saturated heterocycles. The summed E-state index contributed by atoms with van der Waals surface area (Å²) < 4.78 is 11.7. The molecule has 1 fully saturated rings. The second-order valence-corrected chi connectivity index (χ2v) is 5.54. The lowest BCUT2D eigenvalue weighted by atomic mass is 10.0. The summed E-state index contributed by atoms with van der Waals surface area (Å²) in [6.45, 7) is 1.29. The lowest BCUT2D eigenvalue weighted by Crippen LogP contribution is -2.48. The van der Waals surface area contributed by atoms with E-state index in [1.807, 2.05) is 29.2 Å². The number of halogens is 1. The lowest BCUT2D eigenvalue weighted by Gasteiger charge is -2.39. The number of amides is 1. The average molecular weight is 328 g/mol. The van der Waals surface area contributed by atoms with Crippen molar-refractivity contribution in [2.45, 2.75) is 18.6 Å². The van der Waals surface area contributed by atoms with Crippen molar-refractivity contribution in [2.75, 3.05) is 27.3 Å². The van der Waals surface area contributed by atoms with E-state index in [4.69, 9.17) is 9.47 Å². The number of benzene rings is 1. The summed E-state index contributed by atoms with van der Waals surface area (Å²) in [7, 11) is 3.30. The van der Waals surface area contributed by atoms with E-state index in [2.05, 4.69) is 15.9 Å². The van der Waals surface area contributed by atoms with Gasteiger partial charge in [0.1, 0.15) is 0 Å². The van der Waals surface area contributed by atoms with Gasteiger partial charge in [0.05, 0.1) is 0 Å².